The molecule has 0 bridgehead atoms. The van der Waals surface area contributed by atoms with E-state index in [1.807, 2.05) is 0 Å². The number of hydrogen-bond acceptors (Lipinski definition) is 1. The maximum atomic E-state index is 4.01. The second-order valence-corrected chi connectivity index (χ2v) is 8.91. The molecule has 1 heteroatoms. The van der Waals surface area contributed by atoms with Crippen LogP contribution in [0.1, 0.15) is 92.4 Å². The van der Waals surface area contributed by atoms with Crippen LogP contribution in [0.4, 0.5) is 0 Å². The number of nitrogens with one attached hydrogen (secondary N) is 1. The maximum absolute atomic E-state index is 4.01. The molecule has 0 unspecified atom stereocenters. The Bertz CT molecular complexity index is 291. The SMILES string of the molecule is CCC(C)(C)C1CCC(NC2CCC(C(C)C)CC2)CC1. The van der Waals surface area contributed by atoms with Crippen LogP contribution in [0.2, 0.25) is 0 Å². The molecule has 124 valence electrons. The van der Waals surface area contributed by atoms with Gasteiger partial charge in [-0.15, -0.1) is 0 Å². The summed E-state index contributed by atoms with van der Waals surface area (Å²) in [6.07, 6.45) is 12.8. The van der Waals surface area contributed by atoms with Gasteiger partial charge in [0.15, 0.2) is 0 Å². The lowest BCUT2D eigenvalue weighted by Gasteiger charge is -2.41. The van der Waals surface area contributed by atoms with E-state index in [1.165, 1.54) is 57.8 Å². The molecule has 21 heavy (non-hydrogen) atoms. The Morgan fingerprint density at radius 1 is 0.857 bits per heavy atom. The van der Waals surface area contributed by atoms with E-state index in [9.17, 15) is 0 Å². The summed E-state index contributed by atoms with van der Waals surface area (Å²) in [4.78, 5) is 0. The van der Waals surface area contributed by atoms with Gasteiger partial charge < -0.3 is 5.32 Å². The molecule has 1 N–H and O–H groups in total. The molecule has 0 atom stereocenters. The van der Waals surface area contributed by atoms with Crippen LogP contribution in [0.5, 0.6) is 0 Å². The van der Waals surface area contributed by atoms with Crippen LogP contribution in [-0.4, -0.2) is 12.1 Å². The fraction of sp³-hybridized carbons (Fsp3) is 1.00. The zero-order chi connectivity index (χ0) is 15.5. The van der Waals surface area contributed by atoms with Crippen molar-refractivity contribution in [2.75, 3.05) is 0 Å². The topological polar surface area (TPSA) is 12.0 Å². The van der Waals surface area contributed by atoms with Gasteiger partial charge in [-0.1, -0.05) is 41.0 Å². The third-order valence-corrected chi connectivity index (χ3v) is 6.93. The number of hydrogen-bond donors (Lipinski definition) is 1. The summed E-state index contributed by atoms with van der Waals surface area (Å²) >= 11 is 0. The van der Waals surface area contributed by atoms with Crippen LogP contribution in [0, 0.1) is 23.2 Å². The highest BCUT2D eigenvalue weighted by molar-refractivity contribution is 4.87. The molecule has 0 saturated heterocycles. The molecule has 0 heterocycles. The summed E-state index contributed by atoms with van der Waals surface area (Å²) < 4.78 is 0. The first-order valence-electron chi connectivity index (χ1n) is 9.68. The Kier molecular flexibility index (Phi) is 6.17. The average molecular weight is 294 g/mol. The lowest BCUT2D eigenvalue weighted by molar-refractivity contribution is 0.128. The third kappa shape index (κ3) is 4.71. The van der Waals surface area contributed by atoms with Crippen molar-refractivity contribution in [3.8, 4) is 0 Å². The van der Waals surface area contributed by atoms with E-state index < -0.39 is 0 Å². The summed E-state index contributed by atoms with van der Waals surface area (Å²) in [7, 11) is 0. The average Bonchev–Trinajstić information content (AvgIpc) is 2.48. The fourth-order valence-electron chi connectivity index (χ4n) is 4.62. The van der Waals surface area contributed by atoms with Crippen molar-refractivity contribution in [3.05, 3.63) is 0 Å². The van der Waals surface area contributed by atoms with Gasteiger partial charge in [-0.2, -0.15) is 0 Å². The lowest BCUT2D eigenvalue weighted by Crippen LogP contribution is -2.43. The van der Waals surface area contributed by atoms with Crippen LogP contribution >= 0.6 is 0 Å². The molecule has 0 spiro atoms. The van der Waals surface area contributed by atoms with Gasteiger partial charge in [0.05, 0.1) is 0 Å². The van der Waals surface area contributed by atoms with Crippen molar-refractivity contribution in [2.24, 2.45) is 23.2 Å². The molecule has 0 amide bonds. The minimum atomic E-state index is 0.556. The van der Waals surface area contributed by atoms with Crippen molar-refractivity contribution in [2.45, 2.75) is 104 Å². The second kappa shape index (κ2) is 7.49. The van der Waals surface area contributed by atoms with E-state index in [0.29, 0.717) is 5.41 Å². The van der Waals surface area contributed by atoms with Gasteiger partial charge in [-0.25, -0.2) is 0 Å². The van der Waals surface area contributed by atoms with E-state index in [-0.39, 0.29) is 0 Å². The molecule has 2 fully saturated rings. The smallest absolute Gasteiger partial charge is 0.00698 e. The maximum Gasteiger partial charge on any atom is 0.00698 e. The van der Waals surface area contributed by atoms with E-state index in [4.69, 9.17) is 0 Å². The van der Waals surface area contributed by atoms with Crippen molar-refractivity contribution < 1.29 is 0 Å². The minimum absolute atomic E-state index is 0.556. The molecule has 0 aromatic carbocycles. The van der Waals surface area contributed by atoms with E-state index in [1.54, 1.807) is 0 Å². The molecular formula is C20H39N. The van der Waals surface area contributed by atoms with Gasteiger partial charge in [0, 0.05) is 12.1 Å². The highest BCUT2D eigenvalue weighted by Crippen LogP contribution is 2.40. The number of rotatable bonds is 5. The van der Waals surface area contributed by atoms with Gasteiger partial charge in [0.25, 0.3) is 0 Å². The monoisotopic (exact) mass is 293 g/mol. The summed E-state index contributed by atoms with van der Waals surface area (Å²) in [5.41, 5.74) is 0.556. The van der Waals surface area contributed by atoms with Crippen molar-refractivity contribution in [3.63, 3.8) is 0 Å². The zero-order valence-electron chi connectivity index (χ0n) is 15.3. The normalized spacial score (nSPS) is 35.1. The highest BCUT2D eigenvalue weighted by atomic mass is 15.0. The van der Waals surface area contributed by atoms with Gasteiger partial charge in [-0.3, -0.25) is 0 Å². The third-order valence-electron chi connectivity index (χ3n) is 6.93. The van der Waals surface area contributed by atoms with Crippen LogP contribution in [-0.2, 0) is 0 Å². The Hall–Kier alpha value is -0.0400. The molecule has 2 aliphatic carbocycles. The Balaban J connectivity index is 1.70. The van der Waals surface area contributed by atoms with Gasteiger partial charge in [0.1, 0.15) is 0 Å². The van der Waals surface area contributed by atoms with Crippen LogP contribution in [0.3, 0.4) is 0 Å². The van der Waals surface area contributed by atoms with Crippen molar-refractivity contribution >= 4 is 0 Å². The predicted molar refractivity (Wildman–Crippen MR) is 93.5 cm³/mol. The first-order chi connectivity index (χ1) is 9.92. The molecule has 2 saturated carbocycles. The standard InChI is InChI=1S/C20H39N/c1-6-20(4,5)17-9-13-19(14-10-17)21-18-11-7-16(8-12-18)15(2)3/h15-19,21H,6-14H2,1-5H3. The Morgan fingerprint density at radius 2 is 1.33 bits per heavy atom. The van der Waals surface area contributed by atoms with Gasteiger partial charge >= 0.3 is 0 Å². The first kappa shape index (κ1) is 17.3. The van der Waals surface area contributed by atoms with E-state index in [2.05, 4.69) is 39.9 Å². The largest absolute Gasteiger partial charge is 0.311 e. The lowest BCUT2D eigenvalue weighted by atomic mass is 9.68. The molecule has 1 nitrogen and oxygen atoms in total. The molecule has 2 aliphatic rings. The van der Waals surface area contributed by atoms with E-state index >= 15 is 0 Å². The van der Waals surface area contributed by atoms with Gasteiger partial charge in [0.2, 0.25) is 0 Å². The second-order valence-electron chi connectivity index (χ2n) is 8.91. The summed E-state index contributed by atoms with van der Waals surface area (Å²) in [5, 5.41) is 4.01. The molecular weight excluding hydrogens is 254 g/mol. The fourth-order valence-corrected chi connectivity index (χ4v) is 4.62. The van der Waals surface area contributed by atoms with Crippen LogP contribution < -0.4 is 5.32 Å². The Morgan fingerprint density at radius 3 is 1.76 bits per heavy atom. The minimum Gasteiger partial charge on any atom is -0.311 e. The summed E-state index contributed by atoms with van der Waals surface area (Å²) in [5.74, 6) is 2.83. The van der Waals surface area contributed by atoms with Gasteiger partial charge in [-0.05, 0) is 74.5 Å². The highest BCUT2D eigenvalue weighted by Gasteiger charge is 2.33. The van der Waals surface area contributed by atoms with Crippen molar-refractivity contribution in [1.29, 1.82) is 0 Å². The Labute approximate surface area is 133 Å². The molecule has 0 radical (unpaired) electrons. The molecule has 0 aromatic rings. The summed E-state index contributed by atoms with van der Waals surface area (Å²) in [6, 6.07) is 1.63. The van der Waals surface area contributed by atoms with Crippen molar-refractivity contribution in [1.82, 2.24) is 5.32 Å². The molecule has 0 aromatic heterocycles. The zero-order valence-corrected chi connectivity index (χ0v) is 15.3. The molecule has 2 rings (SSSR count). The van der Waals surface area contributed by atoms with Crippen LogP contribution in [0.25, 0.3) is 0 Å². The molecule has 0 aliphatic heterocycles. The first-order valence-corrected chi connectivity index (χ1v) is 9.68. The predicted octanol–water partition coefficient (Wildman–Crippen LogP) is 5.79. The quantitative estimate of drug-likeness (QED) is 0.677. The summed E-state index contributed by atoms with van der Waals surface area (Å²) in [6.45, 7) is 12.1. The van der Waals surface area contributed by atoms with Crippen LogP contribution in [0.15, 0.2) is 0 Å². The van der Waals surface area contributed by atoms with E-state index in [0.717, 1.165) is 29.8 Å².